The lowest BCUT2D eigenvalue weighted by molar-refractivity contribution is 0.303. The number of nitrogens with two attached hydrogens (primary N) is 1. The minimum Gasteiger partial charge on any atom is -0.488 e. The maximum atomic E-state index is 13.7. The molecule has 0 atom stereocenters. The third-order valence-corrected chi connectivity index (χ3v) is 3.56. The van der Waals surface area contributed by atoms with Crippen molar-refractivity contribution in [1.82, 2.24) is 0 Å². The number of hydrogen-bond donors (Lipinski definition) is 1. The number of halogens is 3. The summed E-state index contributed by atoms with van der Waals surface area (Å²) in [6.07, 6.45) is 0. The van der Waals surface area contributed by atoms with E-state index in [-0.39, 0.29) is 28.7 Å². The summed E-state index contributed by atoms with van der Waals surface area (Å²) in [4.78, 5) is -0.0729. The van der Waals surface area contributed by atoms with E-state index in [1.54, 1.807) is 12.1 Å². The lowest BCUT2D eigenvalue weighted by Gasteiger charge is -2.12. The molecule has 0 aliphatic carbocycles. The quantitative estimate of drug-likeness (QED) is 0.841. The highest BCUT2D eigenvalue weighted by Crippen LogP contribution is 2.24. The molecule has 2 N–H and O–H groups in total. The molecule has 0 heterocycles. The molecule has 0 saturated heterocycles. The summed E-state index contributed by atoms with van der Waals surface area (Å²) in [6.45, 7) is 0.139. The molecule has 0 amide bonds. The molecule has 0 radical (unpaired) electrons. The normalized spacial score (nSPS) is 10.3. The van der Waals surface area contributed by atoms with Crippen LogP contribution in [0.2, 0.25) is 0 Å². The van der Waals surface area contributed by atoms with Gasteiger partial charge >= 0.3 is 0 Å². The molecule has 20 heavy (non-hydrogen) atoms. The topological polar surface area (TPSA) is 35.2 Å². The molecular weight excluding hydrogens is 348 g/mol. The zero-order chi connectivity index (χ0) is 14.7. The van der Waals surface area contributed by atoms with Gasteiger partial charge < -0.3 is 10.5 Å². The van der Waals surface area contributed by atoms with Gasteiger partial charge in [-0.05, 0) is 24.3 Å². The van der Waals surface area contributed by atoms with Gasteiger partial charge in [0.2, 0.25) is 0 Å². The highest BCUT2D eigenvalue weighted by molar-refractivity contribution is 9.10. The molecule has 0 aliphatic rings. The maximum Gasteiger partial charge on any atom is 0.137 e. The van der Waals surface area contributed by atoms with Gasteiger partial charge in [0, 0.05) is 10.0 Å². The Kier molecular flexibility index (Phi) is 4.67. The Morgan fingerprint density at radius 1 is 1.25 bits per heavy atom. The number of benzene rings is 2. The van der Waals surface area contributed by atoms with Crippen LogP contribution in [0.1, 0.15) is 11.1 Å². The van der Waals surface area contributed by atoms with E-state index in [9.17, 15) is 8.78 Å². The first kappa shape index (κ1) is 14.9. The van der Waals surface area contributed by atoms with Crippen molar-refractivity contribution in [2.75, 3.05) is 0 Å². The van der Waals surface area contributed by atoms with Crippen molar-refractivity contribution in [2.45, 2.75) is 6.61 Å². The lowest BCUT2D eigenvalue weighted by atomic mass is 10.2. The largest absolute Gasteiger partial charge is 0.488 e. The molecule has 0 aromatic heterocycles. The Hall–Kier alpha value is -1.53. The van der Waals surface area contributed by atoms with Crippen LogP contribution < -0.4 is 10.5 Å². The predicted molar refractivity (Wildman–Crippen MR) is 80.7 cm³/mol. The van der Waals surface area contributed by atoms with E-state index >= 15 is 0 Å². The Balaban J connectivity index is 2.23. The molecule has 2 aromatic carbocycles. The van der Waals surface area contributed by atoms with Crippen molar-refractivity contribution in [3.63, 3.8) is 0 Å². The Labute approximate surface area is 128 Å². The van der Waals surface area contributed by atoms with E-state index in [4.69, 9.17) is 22.7 Å². The number of hydrogen-bond acceptors (Lipinski definition) is 2. The molecule has 0 saturated carbocycles. The van der Waals surface area contributed by atoms with Crippen molar-refractivity contribution >= 4 is 33.1 Å². The van der Waals surface area contributed by atoms with Crippen LogP contribution in [0.25, 0.3) is 0 Å². The molecule has 6 heteroatoms. The van der Waals surface area contributed by atoms with Gasteiger partial charge in [-0.25, -0.2) is 8.78 Å². The van der Waals surface area contributed by atoms with Gasteiger partial charge in [0.05, 0.1) is 5.56 Å². The smallest absolute Gasteiger partial charge is 0.137 e. The van der Waals surface area contributed by atoms with E-state index in [1.165, 1.54) is 24.3 Å². The number of ether oxygens (including phenoxy) is 1. The second kappa shape index (κ2) is 6.28. The van der Waals surface area contributed by atoms with Gasteiger partial charge in [0.25, 0.3) is 0 Å². The van der Waals surface area contributed by atoms with Crippen molar-refractivity contribution in [2.24, 2.45) is 5.73 Å². The molecule has 2 aromatic rings. The molecule has 2 rings (SSSR count). The molecule has 0 aliphatic heterocycles. The summed E-state index contributed by atoms with van der Waals surface area (Å²) in [7, 11) is 0. The third-order valence-electron chi connectivity index (χ3n) is 2.62. The monoisotopic (exact) mass is 357 g/mol. The molecule has 0 unspecified atom stereocenters. The second-order valence-corrected chi connectivity index (χ2v) is 5.30. The second-order valence-electron chi connectivity index (χ2n) is 4.00. The summed E-state index contributed by atoms with van der Waals surface area (Å²) >= 11 is 8.05. The van der Waals surface area contributed by atoms with Gasteiger partial charge in [-0.3, -0.25) is 0 Å². The lowest BCUT2D eigenvalue weighted by Crippen LogP contribution is -2.14. The summed E-state index contributed by atoms with van der Waals surface area (Å²) in [6, 6.07) is 8.58. The van der Waals surface area contributed by atoms with Crippen LogP contribution in [0.4, 0.5) is 8.78 Å². The molecule has 104 valence electrons. The minimum absolute atomic E-state index is 0.0701. The Bertz CT molecular complexity index is 664. The fourth-order valence-electron chi connectivity index (χ4n) is 1.66. The number of thiocarbonyl (C=S) groups is 1. The first-order valence-electron chi connectivity index (χ1n) is 5.64. The van der Waals surface area contributed by atoms with Crippen LogP contribution in [-0.4, -0.2) is 4.99 Å². The van der Waals surface area contributed by atoms with E-state index in [0.29, 0.717) is 4.47 Å². The fourth-order valence-corrected chi connectivity index (χ4v) is 2.32. The van der Waals surface area contributed by atoms with Gasteiger partial charge in [-0.1, -0.05) is 40.3 Å². The zero-order valence-corrected chi connectivity index (χ0v) is 12.6. The highest BCUT2D eigenvalue weighted by atomic mass is 79.9. The average Bonchev–Trinajstić information content (AvgIpc) is 2.37. The first-order valence-corrected chi connectivity index (χ1v) is 6.84. The van der Waals surface area contributed by atoms with Crippen LogP contribution >= 0.6 is 28.1 Å². The molecule has 0 fully saturated rings. The van der Waals surface area contributed by atoms with Crippen LogP contribution in [0.5, 0.6) is 5.75 Å². The summed E-state index contributed by atoms with van der Waals surface area (Å²) in [5.74, 6) is -0.628. The van der Waals surface area contributed by atoms with Gasteiger partial charge in [0.1, 0.15) is 29.0 Å². The van der Waals surface area contributed by atoms with E-state index in [2.05, 4.69) is 15.9 Å². The molecular formula is C14H10BrF2NOS. The van der Waals surface area contributed by atoms with E-state index < -0.39 is 5.82 Å². The predicted octanol–water partition coefficient (Wildman–Crippen LogP) is 3.94. The van der Waals surface area contributed by atoms with Gasteiger partial charge in [-0.2, -0.15) is 0 Å². The standard InChI is InChI=1S/C14H10BrF2NOS/c15-10-6-9(16)5-4-8(10)7-19-12-3-1-2-11(17)13(12)14(18)20/h1-6H,7H2,(H2,18,20). The van der Waals surface area contributed by atoms with Crippen molar-refractivity contribution in [3.8, 4) is 5.75 Å². The minimum atomic E-state index is -0.534. The summed E-state index contributed by atoms with van der Waals surface area (Å²) in [5.41, 5.74) is 6.28. The van der Waals surface area contributed by atoms with Crippen LogP contribution in [-0.2, 0) is 6.61 Å². The van der Waals surface area contributed by atoms with Crippen LogP contribution in [0.3, 0.4) is 0 Å². The fraction of sp³-hybridized carbons (Fsp3) is 0.0714. The van der Waals surface area contributed by atoms with Crippen molar-refractivity contribution in [3.05, 3.63) is 63.6 Å². The first-order chi connectivity index (χ1) is 9.49. The maximum absolute atomic E-state index is 13.7. The molecule has 2 nitrogen and oxygen atoms in total. The van der Waals surface area contributed by atoms with Gasteiger partial charge in [-0.15, -0.1) is 0 Å². The SMILES string of the molecule is NC(=S)c1c(F)cccc1OCc1ccc(F)cc1Br. The molecule has 0 bridgehead atoms. The van der Waals surface area contributed by atoms with E-state index in [1.807, 2.05) is 0 Å². The highest BCUT2D eigenvalue weighted by Gasteiger charge is 2.13. The third kappa shape index (κ3) is 3.32. The average molecular weight is 358 g/mol. The molecule has 0 spiro atoms. The Morgan fingerprint density at radius 2 is 2.00 bits per heavy atom. The van der Waals surface area contributed by atoms with Crippen LogP contribution in [0.15, 0.2) is 40.9 Å². The van der Waals surface area contributed by atoms with Crippen molar-refractivity contribution in [1.29, 1.82) is 0 Å². The van der Waals surface area contributed by atoms with Crippen molar-refractivity contribution < 1.29 is 13.5 Å². The summed E-state index contributed by atoms with van der Waals surface area (Å²) in [5, 5.41) is 0. The van der Waals surface area contributed by atoms with E-state index in [0.717, 1.165) is 5.56 Å². The van der Waals surface area contributed by atoms with Gasteiger partial charge in [0.15, 0.2) is 0 Å². The Morgan fingerprint density at radius 3 is 2.65 bits per heavy atom. The zero-order valence-electron chi connectivity index (χ0n) is 10.2. The number of rotatable bonds is 4. The summed E-state index contributed by atoms with van der Waals surface area (Å²) < 4.78 is 32.7. The van der Waals surface area contributed by atoms with Crippen LogP contribution in [0, 0.1) is 11.6 Å².